The summed E-state index contributed by atoms with van der Waals surface area (Å²) < 4.78 is 0. The van der Waals surface area contributed by atoms with Crippen LogP contribution in [0.4, 0.5) is 0 Å². The fraction of sp³-hybridized carbons (Fsp3) is 0.929. The van der Waals surface area contributed by atoms with Crippen molar-refractivity contribution in [3.63, 3.8) is 0 Å². The maximum Gasteiger partial charge on any atom is 0.240 e. The quantitative estimate of drug-likeness (QED) is 0.652. The fourth-order valence-electron chi connectivity index (χ4n) is 2.45. The van der Waals surface area contributed by atoms with E-state index in [4.69, 9.17) is 0 Å². The molecule has 5 nitrogen and oxygen atoms in total. The number of rotatable bonds is 6. The molecule has 112 valence electrons. The number of nitrogens with zero attached hydrogens (tertiary/aromatic N) is 1. The Labute approximate surface area is 116 Å². The van der Waals surface area contributed by atoms with Crippen molar-refractivity contribution in [3.05, 3.63) is 0 Å². The summed E-state index contributed by atoms with van der Waals surface area (Å²) >= 11 is 0. The third-order valence-corrected chi connectivity index (χ3v) is 4.50. The maximum absolute atomic E-state index is 12.6. The molecule has 0 aliphatic carbocycles. The van der Waals surface area contributed by atoms with Gasteiger partial charge < -0.3 is 15.7 Å². The van der Waals surface area contributed by atoms with Crippen LogP contribution in [0.25, 0.3) is 0 Å². The molecule has 0 spiro atoms. The molecule has 0 atom stereocenters. The lowest BCUT2D eigenvalue weighted by atomic mass is 9.91. The molecule has 1 aliphatic heterocycles. The van der Waals surface area contributed by atoms with Crippen molar-refractivity contribution in [2.45, 2.75) is 51.6 Å². The highest BCUT2D eigenvalue weighted by Gasteiger charge is 2.39. The Bertz CT molecular complexity index is 287. The Morgan fingerprint density at radius 1 is 1.26 bits per heavy atom. The van der Waals surface area contributed by atoms with Gasteiger partial charge in [-0.15, -0.1) is 0 Å². The summed E-state index contributed by atoms with van der Waals surface area (Å²) in [6, 6.07) is 0. The Hall–Kier alpha value is -0.650. The number of aliphatic hydroxyl groups is 1. The molecular formula is C14H29N3O2. The van der Waals surface area contributed by atoms with Gasteiger partial charge in [-0.1, -0.05) is 13.8 Å². The van der Waals surface area contributed by atoms with E-state index in [1.807, 2.05) is 27.7 Å². The minimum atomic E-state index is -0.535. The highest BCUT2D eigenvalue weighted by atomic mass is 16.3. The van der Waals surface area contributed by atoms with Crippen molar-refractivity contribution in [2.75, 3.05) is 32.8 Å². The van der Waals surface area contributed by atoms with Gasteiger partial charge in [0.05, 0.1) is 17.7 Å². The maximum atomic E-state index is 12.6. The zero-order valence-electron chi connectivity index (χ0n) is 12.8. The Kier molecular flexibility index (Phi) is 5.77. The minimum Gasteiger partial charge on any atom is -0.394 e. The molecule has 1 amide bonds. The Balaban J connectivity index is 2.74. The lowest BCUT2D eigenvalue weighted by molar-refractivity contribution is -0.135. The first-order valence-electron chi connectivity index (χ1n) is 7.31. The van der Waals surface area contributed by atoms with Crippen molar-refractivity contribution in [1.29, 1.82) is 0 Å². The Morgan fingerprint density at radius 2 is 1.79 bits per heavy atom. The van der Waals surface area contributed by atoms with Gasteiger partial charge in [0.25, 0.3) is 0 Å². The van der Waals surface area contributed by atoms with Crippen molar-refractivity contribution in [1.82, 2.24) is 15.5 Å². The average molecular weight is 271 g/mol. The number of carbonyl (C=O) groups is 1. The predicted molar refractivity (Wildman–Crippen MR) is 77.1 cm³/mol. The molecule has 1 rings (SSSR count). The summed E-state index contributed by atoms with van der Waals surface area (Å²) in [6.45, 7) is 11.5. The highest BCUT2D eigenvalue weighted by molar-refractivity contribution is 5.86. The number of nitrogens with one attached hydrogen (secondary N) is 2. The molecule has 0 bridgehead atoms. The van der Waals surface area contributed by atoms with Crippen molar-refractivity contribution < 1.29 is 9.90 Å². The van der Waals surface area contributed by atoms with E-state index in [0.29, 0.717) is 0 Å². The van der Waals surface area contributed by atoms with Crippen LogP contribution >= 0.6 is 0 Å². The molecule has 0 unspecified atom stereocenters. The van der Waals surface area contributed by atoms with Crippen LogP contribution in [-0.2, 0) is 4.79 Å². The van der Waals surface area contributed by atoms with Gasteiger partial charge in [-0.3, -0.25) is 9.69 Å². The van der Waals surface area contributed by atoms with Crippen LogP contribution in [0.15, 0.2) is 0 Å². The smallest absolute Gasteiger partial charge is 0.240 e. The lowest BCUT2D eigenvalue weighted by Crippen LogP contribution is -2.64. The minimum absolute atomic E-state index is 0.00662. The third kappa shape index (κ3) is 3.68. The van der Waals surface area contributed by atoms with E-state index in [9.17, 15) is 9.90 Å². The normalized spacial score (nSPS) is 18.4. The second-order valence-corrected chi connectivity index (χ2v) is 5.90. The van der Waals surface area contributed by atoms with E-state index < -0.39 is 11.1 Å². The van der Waals surface area contributed by atoms with Gasteiger partial charge in [-0.25, -0.2) is 0 Å². The standard InChI is InChI=1S/C14H29N3O2/c1-5-14(6-2,11-18)16-12(19)13(3,4)17-9-7-15-8-10-17/h15,18H,5-11H2,1-4H3,(H,16,19). The van der Waals surface area contributed by atoms with Crippen LogP contribution in [0, 0.1) is 0 Å². The summed E-state index contributed by atoms with van der Waals surface area (Å²) in [7, 11) is 0. The van der Waals surface area contributed by atoms with Gasteiger partial charge in [0.1, 0.15) is 0 Å². The van der Waals surface area contributed by atoms with Gasteiger partial charge in [0.15, 0.2) is 0 Å². The summed E-state index contributed by atoms with van der Waals surface area (Å²) in [5.41, 5.74) is -1.02. The molecule has 3 N–H and O–H groups in total. The number of piperazine rings is 1. The molecule has 1 heterocycles. The summed E-state index contributed by atoms with van der Waals surface area (Å²) in [5.74, 6) is 0.00662. The van der Waals surface area contributed by atoms with Crippen LogP contribution in [0.5, 0.6) is 0 Å². The zero-order chi connectivity index (χ0) is 14.5. The molecule has 1 fully saturated rings. The molecule has 0 aromatic heterocycles. The van der Waals surface area contributed by atoms with E-state index in [2.05, 4.69) is 15.5 Å². The third-order valence-electron chi connectivity index (χ3n) is 4.50. The van der Waals surface area contributed by atoms with E-state index >= 15 is 0 Å². The molecule has 5 heteroatoms. The van der Waals surface area contributed by atoms with Crippen molar-refractivity contribution in [2.24, 2.45) is 0 Å². The van der Waals surface area contributed by atoms with Crippen LogP contribution in [-0.4, -0.2) is 59.8 Å². The van der Waals surface area contributed by atoms with Gasteiger partial charge in [-0.05, 0) is 26.7 Å². The number of hydrogen-bond donors (Lipinski definition) is 3. The molecule has 0 aromatic rings. The van der Waals surface area contributed by atoms with E-state index in [0.717, 1.165) is 39.0 Å². The molecule has 0 aromatic carbocycles. The zero-order valence-corrected chi connectivity index (χ0v) is 12.8. The van der Waals surface area contributed by atoms with Crippen LogP contribution in [0.1, 0.15) is 40.5 Å². The summed E-state index contributed by atoms with van der Waals surface area (Å²) in [5, 5.41) is 15.9. The first-order chi connectivity index (χ1) is 8.91. The number of carbonyl (C=O) groups excluding carboxylic acids is 1. The number of hydrogen-bond acceptors (Lipinski definition) is 4. The SMILES string of the molecule is CCC(CC)(CO)NC(=O)C(C)(C)N1CCNCC1. The van der Waals surface area contributed by atoms with Gasteiger partial charge in [0.2, 0.25) is 5.91 Å². The first kappa shape index (κ1) is 16.4. The van der Waals surface area contributed by atoms with E-state index in [1.165, 1.54) is 0 Å². The largest absolute Gasteiger partial charge is 0.394 e. The second-order valence-electron chi connectivity index (χ2n) is 5.90. The van der Waals surface area contributed by atoms with E-state index in [1.54, 1.807) is 0 Å². The average Bonchev–Trinajstić information content (AvgIpc) is 2.45. The first-order valence-corrected chi connectivity index (χ1v) is 7.31. The van der Waals surface area contributed by atoms with Crippen LogP contribution in [0.2, 0.25) is 0 Å². The predicted octanol–water partition coefficient (Wildman–Crippen LogP) is 0.338. The molecule has 1 saturated heterocycles. The molecule has 0 radical (unpaired) electrons. The molecular weight excluding hydrogens is 242 g/mol. The summed E-state index contributed by atoms with van der Waals surface area (Å²) in [6.07, 6.45) is 1.48. The van der Waals surface area contributed by atoms with E-state index in [-0.39, 0.29) is 12.5 Å². The molecule has 19 heavy (non-hydrogen) atoms. The van der Waals surface area contributed by atoms with Crippen LogP contribution < -0.4 is 10.6 Å². The number of aliphatic hydroxyl groups excluding tert-OH is 1. The number of amides is 1. The second kappa shape index (κ2) is 6.68. The monoisotopic (exact) mass is 271 g/mol. The van der Waals surface area contributed by atoms with Crippen LogP contribution in [0.3, 0.4) is 0 Å². The highest BCUT2D eigenvalue weighted by Crippen LogP contribution is 2.20. The van der Waals surface area contributed by atoms with Gasteiger partial charge in [-0.2, -0.15) is 0 Å². The topological polar surface area (TPSA) is 64.6 Å². The van der Waals surface area contributed by atoms with Crippen molar-refractivity contribution in [3.8, 4) is 0 Å². The van der Waals surface area contributed by atoms with Gasteiger partial charge in [0, 0.05) is 26.2 Å². The Morgan fingerprint density at radius 3 is 2.21 bits per heavy atom. The lowest BCUT2D eigenvalue weighted by Gasteiger charge is -2.42. The fourth-order valence-corrected chi connectivity index (χ4v) is 2.45. The molecule has 1 aliphatic rings. The van der Waals surface area contributed by atoms with Gasteiger partial charge >= 0.3 is 0 Å². The summed E-state index contributed by atoms with van der Waals surface area (Å²) in [4.78, 5) is 14.8. The molecule has 0 saturated carbocycles. The van der Waals surface area contributed by atoms with Crippen molar-refractivity contribution >= 4 is 5.91 Å².